The number of hydrogen-bond acceptors (Lipinski definition) is 4. The van der Waals surface area contributed by atoms with Crippen LogP contribution in [0.15, 0.2) is 66.7 Å². The van der Waals surface area contributed by atoms with Crippen LogP contribution in [-0.4, -0.2) is 42.3 Å². The summed E-state index contributed by atoms with van der Waals surface area (Å²) < 4.78 is 0. The molecule has 1 heterocycles. The van der Waals surface area contributed by atoms with Crippen molar-refractivity contribution in [2.24, 2.45) is 0 Å². The van der Waals surface area contributed by atoms with Crippen molar-refractivity contribution in [3.8, 4) is 0 Å². The molecule has 0 radical (unpaired) electrons. The lowest BCUT2D eigenvalue weighted by atomic mass is 9.94. The van der Waals surface area contributed by atoms with E-state index in [1.807, 2.05) is 54.6 Å². The Hall–Kier alpha value is -3.67. The summed E-state index contributed by atoms with van der Waals surface area (Å²) in [6.45, 7) is 1.58. The summed E-state index contributed by atoms with van der Waals surface area (Å²) in [4.78, 5) is 39.1. The van der Waals surface area contributed by atoms with Crippen LogP contribution in [0.3, 0.4) is 0 Å². The summed E-state index contributed by atoms with van der Waals surface area (Å²) in [5.74, 6) is -0.650. The van der Waals surface area contributed by atoms with Gasteiger partial charge in [-0.1, -0.05) is 42.5 Å². The molecule has 3 aromatic carbocycles. The van der Waals surface area contributed by atoms with E-state index in [1.54, 1.807) is 12.1 Å². The molecule has 158 valence electrons. The van der Waals surface area contributed by atoms with Crippen molar-refractivity contribution in [1.82, 2.24) is 10.2 Å². The molecular weight excluding hydrogens is 390 g/mol. The Morgan fingerprint density at radius 1 is 0.774 bits per heavy atom. The van der Waals surface area contributed by atoms with Crippen LogP contribution < -0.4 is 10.6 Å². The summed E-state index contributed by atoms with van der Waals surface area (Å²) in [5.41, 5.74) is 2.15. The summed E-state index contributed by atoms with van der Waals surface area (Å²) in [5, 5.41) is 7.80. The van der Waals surface area contributed by atoms with Gasteiger partial charge in [0.1, 0.15) is 0 Å². The van der Waals surface area contributed by atoms with Crippen LogP contribution in [0.1, 0.15) is 40.0 Å². The van der Waals surface area contributed by atoms with Crippen molar-refractivity contribution in [2.75, 3.05) is 25.0 Å². The van der Waals surface area contributed by atoms with Crippen LogP contribution in [0.4, 0.5) is 5.69 Å². The molecule has 0 aliphatic carbocycles. The number of hydrogen-bond donors (Lipinski definition) is 2. The topological polar surface area (TPSA) is 78.5 Å². The van der Waals surface area contributed by atoms with Crippen LogP contribution in [0, 0.1) is 0 Å². The number of para-hydroxylation sites is 1. The van der Waals surface area contributed by atoms with E-state index < -0.39 is 0 Å². The number of imide groups is 1. The van der Waals surface area contributed by atoms with Crippen molar-refractivity contribution in [3.05, 3.63) is 77.9 Å². The minimum Gasteiger partial charge on any atom is -0.385 e. The first-order chi connectivity index (χ1) is 15.1. The normalized spacial score (nSPS) is 12.8. The first kappa shape index (κ1) is 20.6. The van der Waals surface area contributed by atoms with Gasteiger partial charge in [-0.15, -0.1) is 0 Å². The summed E-state index contributed by atoms with van der Waals surface area (Å²) in [7, 11) is 0. The van der Waals surface area contributed by atoms with Crippen LogP contribution in [-0.2, 0) is 4.79 Å². The minimum atomic E-state index is -0.290. The highest BCUT2D eigenvalue weighted by atomic mass is 16.2. The van der Waals surface area contributed by atoms with Crippen LogP contribution in [0.25, 0.3) is 10.8 Å². The standard InChI is InChI=1S/C25H25N3O3/c29-22(27-16-7-15-26-19-10-2-1-3-11-19)14-6-17-28-24(30)20-12-4-8-18-9-5-13-21(23(18)20)25(28)31/h1-5,8-13,26H,6-7,14-17H2,(H,27,29). The number of amides is 3. The number of nitrogens with one attached hydrogen (secondary N) is 2. The highest BCUT2D eigenvalue weighted by Crippen LogP contribution is 2.30. The Balaban J connectivity index is 1.23. The van der Waals surface area contributed by atoms with E-state index in [2.05, 4.69) is 10.6 Å². The second kappa shape index (κ2) is 9.43. The predicted octanol–water partition coefficient (Wildman–Crippen LogP) is 3.83. The van der Waals surface area contributed by atoms with E-state index in [9.17, 15) is 14.4 Å². The molecule has 0 spiro atoms. The molecule has 6 nitrogen and oxygen atoms in total. The van der Waals surface area contributed by atoms with Gasteiger partial charge in [0.05, 0.1) is 0 Å². The van der Waals surface area contributed by atoms with E-state index in [-0.39, 0.29) is 30.7 Å². The van der Waals surface area contributed by atoms with E-state index in [0.717, 1.165) is 29.4 Å². The second-order valence-electron chi connectivity index (χ2n) is 7.57. The first-order valence-corrected chi connectivity index (χ1v) is 10.6. The first-order valence-electron chi connectivity index (χ1n) is 10.6. The zero-order valence-electron chi connectivity index (χ0n) is 17.3. The van der Waals surface area contributed by atoms with Gasteiger partial charge in [-0.3, -0.25) is 19.3 Å². The van der Waals surface area contributed by atoms with E-state index >= 15 is 0 Å². The fourth-order valence-electron chi connectivity index (χ4n) is 3.87. The lowest BCUT2D eigenvalue weighted by molar-refractivity contribution is -0.121. The minimum absolute atomic E-state index is 0.0703. The zero-order valence-corrected chi connectivity index (χ0v) is 17.3. The van der Waals surface area contributed by atoms with E-state index in [1.165, 1.54) is 4.90 Å². The molecule has 2 N–H and O–H groups in total. The van der Waals surface area contributed by atoms with Gasteiger partial charge in [-0.05, 0) is 42.5 Å². The van der Waals surface area contributed by atoms with Gasteiger partial charge in [0.15, 0.2) is 0 Å². The van der Waals surface area contributed by atoms with Crippen molar-refractivity contribution in [3.63, 3.8) is 0 Å². The van der Waals surface area contributed by atoms with Crippen molar-refractivity contribution in [2.45, 2.75) is 19.3 Å². The van der Waals surface area contributed by atoms with Gasteiger partial charge < -0.3 is 10.6 Å². The molecule has 1 aliphatic rings. The largest absolute Gasteiger partial charge is 0.385 e. The van der Waals surface area contributed by atoms with E-state index in [0.29, 0.717) is 24.1 Å². The molecule has 0 bridgehead atoms. The third kappa shape index (κ3) is 4.58. The number of rotatable bonds is 9. The fourth-order valence-corrected chi connectivity index (χ4v) is 3.87. The molecule has 6 heteroatoms. The Morgan fingerprint density at radius 3 is 2.13 bits per heavy atom. The average molecular weight is 415 g/mol. The molecule has 4 rings (SSSR count). The molecule has 3 amide bonds. The maximum Gasteiger partial charge on any atom is 0.261 e. The number of anilines is 1. The SMILES string of the molecule is O=C(CCCN1C(=O)c2cccc3cccc(c23)C1=O)NCCCNc1ccccc1. The molecule has 31 heavy (non-hydrogen) atoms. The zero-order chi connectivity index (χ0) is 21.6. The molecule has 0 saturated heterocycles. The molecule has 0 saturated carbocycles. The molecule has 0 aromatic heterocycles. The summed E-state index contributed by atoms with van der Waals surface area (Å²) in [6.07, 6.45) is 1.52. The maximum absolute atomic E-state index is 12.8. The maximum atomic E-state index is 12.8. The lowest BCUT2D eigenvalue weighted by Crippen LogP contribution is -2.41. The monoisotopic (exact) mass is 415 g/mol. The van der Waals surface area contributed by atoms with E-state index in [4.69, 9.17) is 0 Å². The quantitative estimate of drug-likeness (QED) is 0.411. The van der Waals surface area contributed by atoms with Gasteiger partial charge in [0, 0.05) is 48.3 Å². The Kier molecular flexibility index (Phi) is 6.26. The van der Waals surface area contributed by atoms with Gasteiger partial charge in [0.25, 0.3) is 11.8 Å². The Morgan fingerprint density at radius 2 is 1.45 bits per heavy atom. The van der Waals surface area contributed by atoms with Crippen molar-refractivity contribution < 1.29 is 14.4 Å². The molecule has 3 aromatic rings. The predicted molar refractivity (Wildman–Crippen MR) is 121 cm³/mol. The summed E-state index contributed by atoms with van der Waals surface area (Å²) >= 11 is 0. The highest BCUT2D eigenvalue weighted by Gasteiger charge is 2.32. The van der Waals surface area contributed by atoms with Gasteiger partial charge in [0.2, 0.25) is 5.91 Å². The van der Waals surface area contributed by atoms with Crippen LogP contribution in [0.5, 0.6) is 0 Å². The van der Waals surface area contributed by atoms with Crippen LogP contribution >= 0.6 is 0 Å². The molecular formula is C25H25N3O3. The second-order valence-corrected chi connectivity index (χ2v) is 7.57. The third-order valence-corrected chi connectivity index (χ3v) is 5.42. The average Bonchev–Trinajstić information content (AvgIpc) is 2.80. The number of carbonyl (C=O) groups is 3. The summed E-state index contributed by atoms with van der Waals surface area (Å²) in [6, 6.07) is 20.9. The molecule has 0 unspecified atom stereocenters. The molecule has 0 fully saturated rings. The number of carbonyl (C=O) groups excluding carboxylic acids is 3. The van der Waals surface area contributed by atoms with Gasteiger partial charge in [-0.2, -0.15) is 0 Å². The molecule has 1 aliphatic heterocycles. The Labute approximate surface area is 181 Å². The lowest BCUT2D eigenvalue weighted by Gasteiger charge is -2.27. The fraction of sp³-hybridized carbons (Fsp3) is 0.240. The smallest absolute Gasteiger partial charge is 0.261 e. The van der Waals surface area contributed by atoms with Crippen molar-refractivity contribution >= 4 is 34.2 Å². The van der Waals surface area contributed by atoms with Gasteiger partial charge >= 0.3 is 0 Å². The van der Waals surface area contributed by atoms with Crippen molar-refractivity contribution in [1.29, 1.82) is 0 Å². The third-order valence-electron chi connectivity index (χ3n) is 5.42. The highest BCUT2D eigenvalue weighted by molar-refractivity contribution is 6.25. The number of nitrogens with zero attached hydrogens (tertiary/aromatic N) is 1. The number of benzene rings is 3. The molecule has 0 atom stereocenters. The Bertz CT molecular complexity index is 1060. The van der Waals surface area contributed by atoms with Crippen LogP contribution in [0.2, 0.25) is 0 Å². The van der Waals surface area contributed by atoms with Gasteiger partial charge in [-0.25, -0.2) is 0 Å².